The molecule has 0 saturated carbocycles. The minimum Gasteiger partial charge on any atom is -0.383 e. The largest absolute Gasteiger partial charge is 0.383 e. The highest BCUT2D eigenvalue weighted by Gasteiger charge is 2.17. The van der Waals surface area contributed by atoms with E-state index < -0.39 is 0 Å². The molecule has 2 heterocycles. The molecule has 31 heavy (non-hydrogen) atoms. The van der Waals surface area contributed by atoms with Gasteiger partial charge in [0, 0.05) is 62.0 Å². The Morgan fingerprint density at radius 1 is 1.10 bits per heavy atom. The summed E-state index contributed by atoms with van der Waals surface area (Å²) in [5, 5.41) is 5.52. The summed E-state index contributed by atoms with van der Waals surface area (Å²) < 4.78 is 5.17. The van der Waals surface area contributed by atoms with Gasteiger partial charge in [-0.1, -0.05) is 24.3 Å². The maximum Gasteiger partial charge on any atom is 0.257 e. The van der Waals surface area contributed by atoms with Crippen molar-refractivity contribution in [2.24, 2.45) is 0 Å². The summed E-state index contributed by atoms with van der Waals surface area (Å²) in [6.45, 7) is 7.83. The first kappa shape index (κ1) is 21.5. The first-order chi connectivity index (χ1) is 15.1. The second kappa shape index (κ2) is 10.0. The molecule has 2 aromatic carbocycles. The Morgan fingerprint density at radius 3 is 2.55 bits per heavy atom. The number of carbonyl (C=O) groups is 1. The van der Waals surface area contributed by atoms with Crippen LogP contribution < -0.4 is 10.2 Å². The average Bonchev–Trinajstić information content (AvgIpc) is 3.26. The molecule has 0 bridgehead atoms. The molecule has 162 valence electrons. The zero-order chi connectivity index (χ0) is 21.6. The van der Waals surface area contributed by atoms with Gasteiger partial charge in [0.15, 0.2) is 5.13 Å². The molecule has 0 unspecified atom stereocenters. The number of thiazole rings is 1. The standard InChI is InChI=1S/C24H28N4O2S/c1-18-5-3-4-6-21(18)22-17-31-24(25-22)26-23(29)19-7-9-20(10-8-19)28-13-11-27(12-14-28)15-16-30-2/h3-10,17H,11-16H2,1-2H3,(H,25,26,29). The third-order valence-electron chi connectivity index (χ3n) is 5.62. The molecule has 6 nitrogen and oxygen atoms in total. The third kappa shape index (κ3) is 5.31. The molecule has 1 fully saturated rings. The number of nitrogens with one attached hydrogen (secondary N) is 1. The number of carbonyl (C=O) groups excluding carboxylic acids is 1. The maximum atomic E-state index is 12.7. The molecule has 0 atom stereocenters. The van der Waals surface area contributed by atoms with E-state index in [-0.39, 0.29) is 5.91 Å². The van der Waals surface area contributed by atoms with Crippen molar-refractivity contribution in [1.29, 1.82) is 0 Å². The molecule has 0 aliphatic carbocycles. The van der Waals surface area contributed by atoms with Crippen LogP contribution in [0.1, 0.15) is 15.9 Å². The van der Waals surface area contributed by atoms with E-state index in [9.17, 15) is 4.79 Å². The molecule has 1 amide bonds. The van der Waals surface area contributed by atoms with Crippen molar-refractivity contribution in [3.8, 4) is 11.3 Å². The van der Waals surface area contributed by atoms with E-state index in [0.29, 0.717) is 10.7 Å². The Labute approximate surface area is 187 Å². The highest BCUT2D eigenvalue weighted by Crippen LogP contribution is 2.27. The number of piperazine rings is 1. The van der Waals surface area contributed by atoms with E-state index in [1.807, 2.05) is 47.8 Å². The van der Waals surface area contributed by atoms with Gasteiger partial charge in [-0.25, -0.2) is 4.98 Å². The summed E-state index contributed by atoms with van der Waals surface area (Å²) in [4.78, 5) is 22.1. The SMILES string of the molecule is COCCN1CCN(c2ccc(C(=O)Nc3nc(-c4ccccc4C)cs3)cc2)CC1. The Balaban J connectivity index is 1.35. The van der Waals surface area contributed by atoms with Gasteiger partial charge in [0.25, 0.3) is 5.91 Å². The van der Waals surface area contributed by atoms with Gasteiger partial charge < -0.3 is 9.64 Å². The Morgan fingerprint density at radius 2 is 1.84 bits per heavy atom. The third-order valence-corrected chi connectivity index (χ3v) is 6.38. The summed E-state index contributed by atoms with van der Waals surface area (Å²) in [5.41, 5.74) is 4.93. The van der Waals surface area contributed by atoms with E-state index in [4.69, 9.17) is 4.74 Å². The summed E-state index contributed by atoms with van der Waals surface area (Å²) in [5.74, 6) is -0.137. The number of nitrogens with zero attached hydrogens (tertiary/aromatic N) is 3. The fraction of sp³-hybridized carbons (Fsp3) is 0.333. The topological polar surface area (TPSA) is 57.7 Å². The molecule has 1 saturated heterocycles. The van der Waals surface area contributed by atoms with E-state index in [1.165, 1.54) is 16.9 Å². The first-order valence-electron chi connectivity index (χ1n) is 10.5. The average molecular weight is 437 g/mol. The van der Waals surface area contributed by atoms with Crippen LogP contribution >= 0.6 is 11.3 Å². The monoisotopic (exact) mass is 436 g/mol. The summed E-state index contributed by atoms with van der Waals surface area (Å²) >= 11 is 1.44. The molecule has 0 spiro atoms. The highest BCUT2D eigenvalue weighted by atomic mass is 32.1. The van der Waals surface area contributed by atoms with Crippen LogP contribution in [0.25, 0.3) is 11.3 Å². The smallest absolute Gasteiger partial charge is 0.257 e. The second-order valence-electron chi connectivity index (χ2n) is 7.68. The van der Waals surface area contributed by atoms with Gasteiger partial charge >= 0.3 is 0 Å². The number of benzene rings is 2. The lowest BCUT2D eigenvalue weighted by molar-refractivity contribution is 0.102. The van der Waals surface area contributed by atoms with Crippen LogP contribution in [0, 0.1) is 6.92 Å². The number of aromatic nitrogens is 1. The van der Waals surface area contributed by atoms with Crippen molar-refractivity contribution in [2.75, 3.05) is 56.7 Å². The number of amides is 1. The van der Waals surface area contributed by atoms with Crippen LogP contribution in [0.4, 0.5) is 10.8 Å². The molecule has 1 N–H and O–H groups in total. The predicted molar refractivity (Wildman–Crippen MR) is 127 cm³/mol. The summed E-state index contributed by atoms with van der Waals surface area (Å²) in [6.07, 6.45) is 0. The van der Waals surface area contributed by atoms with Crippen LogP contribution in [-0.4, -0.2) is 62.2 Å². The van der Waals surface area contributed by atoms with Crippen LogP contribution in [0.3, 0.4) is 0 Å². The lowest BCUT2D eigenvalue weighted by atomic mass is 10.1. The van der Waals surface area contributed by atoms with Crippen molar-refractivity contribution in [3.63, 3.8) is 0 Å². The molecular weight excluding hydrogens is 408 g/mol. The van der Waals surface area contributed by atoms with Gasteiger partial charge in [-0.3, -0.25) is 15.0 Å². The lowest BCUT2D eigenvalue weighted by Crippen LogP contribution is -2.47. The number of hydrogen-bond donors (Lipinski definition) is 1. The van der Waals surface area contributed by atoms with Crippen molar-refractivity contribution < 1.29 is 9.53 Å². The number of rotatable bonds is 7. The predicted octanol–water partition coefficient (Wildman–Crippen LogP) is 4.14. The number of anilines is 2. The minimum atomic E-state index is -0.137. The molecule has 0 radical (unpaired) electrons. The van der Waals surface area contributed by atoms with Gasteiger partial charge in [0.2, 0.25) is 0 Å². The molecule has 7 heteroatoms. The maximum absolute atomic E-state index is 12.7. The number of methoxy groups -OCH3 is 1. The minimum absolute atomic E-state index is 0.137. The Hall–Kier alpha value is -2.74. The molecule has 1 aliphatic heterocycles. The molecule has 3 aromatic rings. The quantitative estimate of drug-likeness (QED) is 0.603. The van der Waals surface area contributed by atoms with Crippen molar-refractivity contribution >= 4 is 28.1 Å². The molecule has 1 aromatic heterocycles. The van der Waals surface area contributed by atoms with Gasteiger partial charge in [0.1, 0.15) is 0 Å². The summed E-state index contributed by atoms with van der Waals surface area (Å²) in [6, 6.07) is 16.0. The van der Waals surface area contributed by atoms with Crippen LogP contribution in [0.5, 0.6) is 0 Å². The van der Waals surface area contributed by atoms with Crippen molar-refractivity contribution in [1.82, 2.24) is 9.88 Å². The zero-order valence-corrected chi connectivity index (χ0v) is 18.8. The zero-order valence-electron chi connectivity index (χ0n) is 18.0. The highest BCUT2D eigenvalue weighted by molar-refractivity contribution is 7.14. The fourth-order valence-electron chi connectivity index (χ4n) is 3.76. The summed E-state index contributed by atoms with van der Waals surface area (Å²) in [7, 11) is 1.74. The Bertz CT molecular complexity index is 1010. The fourth-order valence-corrected chi connectivity index (χ4v) is 4.46. The van der Waals surface area contributed by atoms with Crippen LogP contribution in [0.15, 0.2) is 53.9 Å². The van der Waals surface area contributed by atoms with Gasteiger partial charge in [-0.05, 0) is 36.8 Å². The first-order valence-corrected chi connectivity index (χ1v) is 11.4. The van der Waals surface area contributed by atoms with Crippen molar-refractivity contribution in [2.45, 2.75) is 6.92 Å². The van der Waals surface area contributed by atoms with E-state index in [0.717, 1.165) is 56.3 Å². The normalized spacial score (nSPS) is 14.6. The lowest BCUT2D eigenvalue weighted by Gasteiger charge is -2.36. The van der Waals surface area contributed by atoms with Gasteiger partial charge in [-0.2, -0.15) is 0 Å². The van der Waals surface area contributed by atoms with Crippen LogP contribution in [-0.2, 0) is 4.74 Å². The van der Waals surface area contributed by atoms with E-state index in [1.54, 1.807) is 7.11 Å². The van der Waals surface area contributed by atoms with E-state index >= 15 is 0 Å². The number of aryl methyl sites for hydroxylation is 1. The van der Waals surface area contributed by atoms with E-state index in [2.05, 4.69) is 33.1 Å². The van der Waals surface area contributed by atoms with Gasteiger partial charge in [-0.15, -0.1) is 11.3 Å². The molecule has 4 rings (SSSR count). The number of hydrogen-bond acceptors (Lipinski definition) is 6. The second-order valence-corrected chi connectivity index (χ2v) is 8.53. The number of ether oxygens (including phenoxy) is 1. The van der Waals surface area contributed by atoms with Gasteiger partial charge in [0.05, 0.1) is 12.3 Å². The molecule has 1 aliphatic rings. The van der Waals surface area contributed by atoms with Crippen molar-refractivity contribution in [3.05, 3.63) is 65.0 Å². The Kier molecular flexibility index (Phi) is 6.96. The van der Waals surface area contributed by atoms with Crippen LogP contribution in [0.2, 0.25) is 0 Å². The molecular formula is C24H28N4O2S.